The summed E-state index contributed by atoms with van der Waals surface area (Å²) in [5, 5.41) is 9.74. The van der Waals surface area contributed by atoms with Crippen LogP contribution in [0.3, 0.4) is 0 Å². The Morgan fingerprint density at radius 2 is 1.89 bits per heavy atom. The number of ether oxygens (including phenoxy) is 2. The van der Waals surface area contributed by atoms with Gasteiger partial charge in [0.2, 0.25) is 0 Å². The molecule has 0 radical (unpaired) electrons. The van der Waals surface area contributed by atoms with Crippen LogP contribution in [0.15, 0.2) is 48.5 Å². The van der Waals surface area contributed by atoms with Gasteiger partial charge in [-0.15, -0.1) is 0 Å². The molecule has 1 aliphatic rings. The van der Waals surface area contributed by atoms with Gasteiger partial charge in [0.15, 0.2) is 17.3 Å². The largest absolute Gasteiger partial charge is 0.486 e. The van der Waals surface area contributed by atoms with Crippen LogP contribution in [0.4, 0.5) is 5.82 Å². The summed E-state index contributed by atoms with van der Waals surface area (Å²) in [5.74, 6) is 1.42. The van der Waals surface area contributed by atoms with E-state index in [9.17, 15) is 4.79 Å². The summed E-state index contributed by atoms with van der Waals surface area (Å²) in [4.78, 5) is 12.8. The number of nitrogen functional groups attached to an aromatic ring is 1. The molecule has 2 aromatic carbocycles. The van der Waals surface area contributed by atoms with E-state index in [1.165, 1.54) is 0 Å². The maximum Gasteiger partial charge on any atom is 0.270 e. The van der Waals surface area contributed by atoms with Crippen molar-refractivity contribution in [3.05, 3.63) is 59.8 Å². The number of carbonyl (C=O) groups excluding carboxylic acids is 1. The number of H-pyrrole nitrogens is 1. The number of aromatic amines is 1. The van der Waals surface area contributed by atoms with Gasteiger partial charge in [-0.05, 0) is 30.2 Å². The van der Waals surface area contributed by atoms with Gasteiger partial charge in [-0.1, -0.05) is 36.4 Å². The number of amides is 1. The molecule has 3 aromatic rings. The zero-order valence-electron chi connectivity index (χ0n) is 14.9. The Morgan fingerprint density at radius 3 is 2.67 bits per heavy atom. The van der Waals surface area contributed by atoms with Crippen molar-refractivity contribution >= 4 is 11.7 Å². The van der Waals surface area contributed by atoms with Gasteiger partial charge in [0, 0.05) is 0 Å². The molecular weight excluding hydrogens is 344 g/mol. The molecule has 2 heterocycles. The zero-order valence-corrected chi connectivity index (χ0v) is 14.9. The lowest BCUT2D eigenvalue weighted by Crippen LogP contribution is -2.27. The minimum Gasteiger partial charge on any atom is -0.486 e. The van der Waals surface area contributed by atoms with Crippen molar-refractivity contribution in [2.24, 2.45) is 0 Å². The number of nitrogens with zero attached hydrogens (tertiary/aromatic N) is 1. The molecule has 1 aliphatic heterocycles. The Kier molecular flexibility index (Phi) is 4.42. The molecule has 27 heavy (non-hydrogen) atoms. The van der Waals surface area contributed by atoms with Gasteiger partial charge in [0.1, 0.15) is 18.9 Å². The number of nitrogens with one attached hydrogen (secondary N) is 2. The molecule has 7 heteroatoms. The highest BCUT2D eigenvalue weighted by molar-refractivity contribution is 6.01. The quantitative estimate of drug-likeness (QED) is 0.661. The maximum atomic E-state index is 12.8. The first-order valence-electron chi connectivity index (χ1n) is 8.73. The van der Waals surface area contributed by atoms with Crippen molar-refractivity contribution in [2.45, 2.75) is 13.0 Å². The van der Waals surface area contributed by atoms with E-state index < -0.39 is 0 Å². The molecule has 0 aliphatic carbocycles. The van der Waals surface area contributed by atoms with Gasteiger partial charge in [0.25, 0.3) is 5.91 Å². The number of rotatable bonds is 4. The average Bonchev–Trinajstić information content (AvgIpc) is 3.09. The van der Waals surface area contributed by atoms with E-state index in [2.05, 4.69) is 15.5 Å². The number of hydrogen-bond donors (Lipinski definition) is 3. The van der Waals surface area contributed by atoms with Gasteiger partial charge in [-0.25, -0.2) is 0 Å². The van der Waals surface area contributed by atoms with Gasteiger partial charge in [-0.2, -0.15) is 5.10 Å². The molecule has 0 unspecified atom stereocenters. The highest BCUT2D eigenvalue weighted by atomic mass is 16.6. The molecule has 7 nitrogen and oxygen atoms in total. The van der Waals surface area contributed by atoms with E-state index in [1.807, 2.05) is 55.5 Å². The van der Waals surface area contributed by atoms with E-state index in [4.69, 9.17) is 15.2 Å². The summed E-state index contributed by atoms with van der Waals surface area (Å²) in [5.41, 5.74) is 8.66. The van der Waals surface area contributed by atoms with Gasteiger partial charge in [0.05, 0.1) is 11.6 Å². The predicted octanol–water partition coefficient (Wildman–Crippen LogP) is 2.92. The fourth-order valence-corrected chi connectivity index (χ4v) is 3.10. The van der Waals surface area contributed by atoms with Crippen molar-refractivity contribution in [1.82, 2.24) is 15.5 Å². The molecule has 4 N–H and O–H groups in total. The van der Waals surface area contributed by atoms with E-state index in [-0.39, 0.29) is 11.9 Å². The molecule has 0 fully saturated rings. The molecule has 0 spiro atoms. The normalized spacial score (nSPS) is 13.8. The molecule has 0 saturated heterocycles. The molecule has 0 bridgehead atoms. The maximum absolute atomic E-state index is 12.8. The highest BCUT2D eigenvalue weighted by Gasteiger charge is 2.22. The number of hydrogen-bond acceptors (Lipinski definition) is 5. The predicted molar refractivity (Wildman–Crippen MR) is 102 cm³/mol. The number of nitrogens with two attached hydrogens (primary N) is 1. The number of benzene rings is 2. The summed E-state index contributed by atoms with van der Waals surface area (Å²) in [6.45, 7) is 2.97. The first-order chi connectivity index (χ1) is 13.1. The molecule has 1 aromatic heterocycles. The minimum atomic E-state index is -0.277. The summed E-state index contributed by atoms with van der Waals surface area (Å²) in [6.07, 6.45) is 0. The van der Waals surface area contributed by atoms with E-state index >= 15 is 0 Å². The summed E-state index contributed by atoms with van der Waals surface area (Å²) in [6, 6.07) is 14.9. The molecule has 0 saturated carbocycles. The number of fused-ring (bicyclic) bond motifs is 1. The average molecular weight is 364 g/mol. The van der Waals surface area contributed by atoms with Crippen molar-refractivity contribution in [2.75, 3.05) is 18.9 Å². The Hall–Kier alpha value is -3.48. The fraction of sp³-hybridized carbons (Fsp3) is 0.200. The van der Waals surface area contributed by atoms with Crippen LogP contribution in [0.25, 0.3) is 11.1 Å². The third-order valence-corrected chi connectivity index (χ3v) is 4.50. The zero-order chi connectivity index (χ0) is 18.8. The lowest BCUT2D eigenvalue weighted by Gasteiger charge is -2.21. The van der Waals surface area contributed by atoms with Crippen LogP contribution in [0.1, 0.15) is 29.0 Å². The van der Waals surface area contributed by atoms with E-state index in [0.29, 0.717) is 36.0 Å². The summed E-state index contributed by atoms with van der Waals surface area (Å²) in [7, 11) is 0. The van der Waals surface area contributed by atoms with Crippen LogP contribution in [0, 0.1) is 0 Å². The van der Waals surface area contributed by atoms with Gasteiger partial charge >= 0.3 is 0 Å². The third-order valence-electron chi connectivity index (χ3n) is 4.50. The first-order valence-corrected chi connectivity index (χ1v) is 8.73. The van der Waals surface area contributed by atoms with Gasteiger partial charge in [-0.3, -0.25) is 9.89 Å². The van der Waals surface area contributed by atoms with Crippen LogP contribution in [0.5, 0.6) is 11.5 Å². The Labute approximate surface area is 156 Å². The third kappa shape index (κ3) is 3.31. The molecule has 1 amide bonds. The highest BCUT2D eigenvalue weighted by Crippen LogP contribution is 2.33. The second kappa shape index (κ2) is 7.03. The number of anilines is 1. The fourth-order valence-electron chi connectivity index (χ4n) is 3.10. The van der Waals surface area contributed by atoms with Crippen molar-refractivity contribution in [1.29, 1.82) is 0 Å². The topological polar surface area (TPSA) is 102 Å². The lowest BCUT2D eigenvalue weighted by molar-refractivity contribution is 0.0935. The SMILES string of the molecule is C[C@H](NC(=O)c1[nH]nc(N)c1-c1ccccc1)c1ccc2c(c1)OCCO2. The van der Waals surface area contributed by atoms with Crippen LogP contribution in [0.2, 0.25) is 0 Å². The summed E-state index contributed by atoms with van der Waals surface area (Å²) >= 11 is 0. The molecule has 138 valence electrons. The monoisotopic (exact) mass is 364 g/mol. The van der Waals surface area contributed by atoms with Crippen molar-refractivity contribution in [3.8, 4) is 22.6 Å². The van der Waals surface area contributed by atoms with Crippen LogP contribution in [-0.2, 0) is 0 Å². The second-order valence-electron chi connectivity index (χ2n) is 6.32. The number of carbonyl (C=O) groups is 1. The molecule has 4 rings (SSSR count). The van der Waals surface area contributed by atoms with E-state index in [0.717, 1.165) is 16.9 Å². The summed E-state index contributed by atoms with van der Waals surface area (Å²) < 4.78 is 11.2. The van der Waals surface area contributed by atoms with Crippen LogP contribution >= 0.6 is 0 Å². The Bertz CT molecular complexity index is 969. The van der Waals surface area contributed by atoms with Crippen molar-refractivity contribution < 1.29 is 14.3 Å². The lowest BCUT2D eigenvalue weighted by atomic mass is 10.0. The van der Waals surface area contributed by atoms with Gasteiger partial charge < -0.3 is 20.5 Å². The molecular formula is C20H20N4O3. The minimum absolute atomic E-state index is 0.235. The smallest absolute Gasteiger partial charge is 0.270 e. The first kappa shape index (κ1) is 17.0. The number of aromatic nitrogens is 2. The second-order valence-corrected chi connectivity index (χ2v) is 6.32. The van der Waals surface area contributed by atoms with Crippen LogP contribution in [-0.4, -0.2) is 29.3 Å². The van der Waals surface area contributed by atoms with Crippen LogP contribution < -0.4 is 20.5 Å². The Morgan fingerprint density at radius 1 is 1.15 bits per heavy atom. The standard InChI is InChI=1S/C20H20N4O3/c1-12(14-7-8-15-16(11-14)27-10-9-26-15)22-20(25)18-17(19(21)24-23-18)13-5-3-2-4-6-13/h2-8,11-12H,9-10H2,1H3,(H,22,25)(H3,21,23,24)/t12-/m0/s1. The van der Waals surface area contributed by atoms with E-state index in [1.54, 1.807) is 0 Å². The van der Waals surface area contributed by atoms with Crippen molar-refractivity contribution in [3.63, 3.8) is 0 Å². The molecule has 1 atom stereocenters. The Balaban J connectivity index is 1.56.